The molecular formula is C12H27N3. The van der Waals surface area contributed by atoms with Gasteiger partial charge in [-0.15, -0.1) is 0 Å². The van der Waals surface area contributed by atoms with Gasteiger partial charge in [-0.25, -0.2) is 0 Å². The van der Waals surface area contributed by atoms with Gasteiger partial charge in [-0.1, -0.05) is 19.8 Å². The van der Waals surface area contributed by atoms with Gasteiger partial charge in [0.15, 0.2) is 0 Å². The van der Waals surface area contributed by atoms with Crippen LogP contribution >= 0.6 is 0 Å². The van der Waals surface area contributed by atoms with Crippen LogP contribution in [0.3, 0.4) is 0 Å². The molecule has 3 nitrogen and oxygen atoms in total. The summed E-state index contributed by atoms with van der Waals surface area (Å²) in [4.78, 5) is 2.21. The summed E-state index contributed by atoms with van der Waals surface area (Å²) in [6.45, 7) is 5.27. The first-order chi connectivity index (χ1) is 7.08. The van der Waals surface area contributed by atoms with E-state index in [1.165, 1.54) is 25.7 Å². The molecule has 1 fully saturated rings. The largest absolute Gasteiger partial charge is 0.329 e. The lowest BCUT2D eigenvalue weighted by molar-refractivity contribution is 0.189. The predicted octanol–water partition coefficient (Wildman–Crippen LogP) is 1.05. The molecule has 0 amide bonds. The Hall–Kier alpha value is -0.120. The Morgan fingerprint density at radius 3 is 2.73 bits per heavy atom. The minimum absolute atomic E-state index is 0.230. The first-order valence-electron chi connectivity index (χ1n) is 6.18. The number of rotatable bonds is 5. The van der Waals surface area contributed by atoms with E-state index in [1.807, 2.05) is 0 Å². The SMILES string of the molecule is CC1CCCC(CN)(NCCN(C)C)C1. The molecule has 3 heteroatoms. The first-order valence-corrected chi connectivity index (χ1v) is 6.18. The molecule has 0 radical (unpaired) electrons. The summed E-state index contributed by atoms with van der Waals surface area (Å²) in [5.74, 6) is 0.828. The molecule has 1 saturated carbocycles. The highest BCUT2D eigenvalue weighted by atomic mass is 15.1. The molecule has 0 bridgehead atoms. The quantitative estimate of drug-likeness (QED) is 0.717. The molecule has 0 aromatic heterocycles. The average molecular weight is 213 g/mol. The summed E-state index contributed by atoms with van der Waals surface area (Å²) in [5, 5.41) is 3.68. The average Bonchev–Trinajstić information content (AvgIpc) is 2.17. The highest BCUT2D eigenvalue weighted by Crippen LogP contribution is 2.31. The van der Waals surface area contributed by atoms with Gasteiger partial charge in [-0.2, -0.15) is 0 Å². The third-order valence-corrected chi connectivity index (χ3v) is 3.54. The van der Waals surface area contributed by atoms with Crippen molar-refractivity contribution in [2.24, 2.45) is 11.7 Å². The van der Waals surface area contributed by atoms with E-state index >= 15 is 0 Å². The van der Waals surface area contributed by atoms with Crippen LogP contribution < -0.4 is 11.1 Å². The summed E-state index contributed by atoms with van der Waals surface area (Å²) in [7, 11) is 4.22. The first kappa shape index (κ1) is 12.9. The summed E-state index contributed by atoms with van der Waals surface area (Å²) in [6, 6.07) is 0. The van der Waals surface area contributed by atoms with Crippen molar-refractivity contribution >= 4 is 0 Å². The minimum Gasteiger partial charge on any atom is -0.329 e. The zero-order valence-corrected chi connectivity index (χ0v) is 10.6. The van der Waals surface area contributed by atoms with Crippen molar-refractivity contribution in [1.82, 2.24) is 10.2 Å². The Bertz CT molecular complexity index is 182. The fraction of sp³-hybridized carbons (Fsp3) is 1.00. The van der Waals surface area contributed by atoms with Gasteiger partial charge in [0.1, 0.15) is 0 Å². The number of likely N-dealkylation sites (N-methyl/N-ethyl adjacent to an activating group) is 1. The molecule has 1 aliphatic rings. The van der Waals surface area contributed by atoms with Gasteiger partial charge in [-0.3, -0.25) is 0 Å². The number of nitrogens with zero attached hydrogens (tertiary/aromatic N) is 1. The van der Waals surface area contributed by atoms with Gasteiger partial charge in [0.25, 0.3) is 0 Å². The zero-order chi connectivity index (χ0) is 11.3. The van der Waals surface area contributed by atoms with Crippen LogP contribution in [-0.4, -0.2) is 44.2 Å². The van der Waals surface area contributed by atoms with E-state index in [0.29, 0.717) is 0 Å². The lowest BCUT2D eigenvalue weighted by Crippen LogP contribution is -2.55. The lowest BCUT2D eigenvalue weighted by atomic mass is 9.76. The molecule has 90 valence electrons. The second-order valence-corrected chi connectivity index (χ2v) is 5.42. The second-order valence-electron chi connectivity index (χ2n) is 5.42. The van der Waals surface area contributed by atoms with Crippen LogP contribution in [0.1, 0.15) is 32.6 Å². The van der Waals surface area contributed by atoms with Gasteiger partial charge >= 0.3 is 0 Å². The maximum absolute atomic E-state index is 5.94. The van der Waals surface area contributed by atoms with Crippen molar-refractivity contribution in [2.75, 3.05) is 33.7 Å². The molecule has 1 aliphatic carbocycles. The molecule has 15 heavy (non-hydrogen) atoms. The Morgan fingerprint density at radius 2 is 2.20 bits per heavy atom. The summed E-state index contributed by atoms with van der Waals surface area (Å²) >= 11 is 0. The topological polar surface area (TPSA) is 41.3 Å². The standard InChI is InChI=1S/C12H27N3/c1-11-5-4-6-12(9-11,10-13)14-7-8-15(2)3/h11,14H,4-10,13H2,1-3H3. The van der Waals surface area contributed by atoms with E-state index in [4.69, 9.17) is 5.73 Å². The maximum atomic E-state index is 5.94. The number of hydrogen-bond donors (Lipinski definition) is 2. The van der Waals surface area contributed by atoms with Crippen LogP contribution in [0, 0.1) is 5.92 Å². The smallest absolute Gasteiger partial charge is 0.0307 e. The molecular weight excluding hydrogens is 186 g/mol. The van der Waals surface area contributed by atoms with E-state index in [9.17, 15) is 0 Å². The van der Waals surface area contributed by atoms with Gasteiger partial charge in [-0.05, 0) is 32.9 Å². The predicted molar refractivity (Wildman–Crippen MR) is 66.0 cm³/mol. The third-order valence-electron chi connectivity index (χ3n) is 3.54. The van der Waals surface area contributed by atoms with Gasteiger partial charge in [0.05, 0.1) is 0 Å². The van der Waals surface area contributed by atoms with E-state index < -0.39 is 0 Å². The van der Waals surface area contributed by atoms with E-state index in [1.54, 1.807) is 0 Å². The molecule has 0 aliphatic heterocycles. The third kappa shape index (κ3) is 4.09. The van der Waals surface area contributed by atoms with Crippen LogP contribution in [0.2, 0.25) is 0 Å². The van der Waals surface area contributed by atoms with Crippen molar-refractivity contribution < 1.29 is 0 Å². The van der Waals surface area contributed by atoms with Crippen LogP contribution in [0.25, 0.3) is 0 Å². The molecule has 1 rings (SSSR count). The molecule has 0 aromatic rings. The minimum atomic E-state index is 0.230. The molecule has 2 unspecified atom stereocenters. The molecule has 3 N–H and O–H groups in total. The zero-order valence-electron chi connectivity index (χ0n) is 10.6. The molecule has 0 heterocycles. The second kappa shape index (κ2) is 5.83. The van der Waals surface area contributed by atoms with Crippen LogP contribution in [0.5, 0.6) is 0 Å². The van der Waals surface area contributed by atoms with E-state index in [2.05, 4.69) is 31.2 Å². The fourth-order valence-electron chi connectivity index (χ4n) is 2.62. The normalized spacial score (nSPS) is 32.2. The summed E-state index contributed by atoms with van der Waals surface area (Å²) in [6.07, 6.45) is 5.20. The Kier molecular flexibility index (Phi) is 5.03. The van der Waals surface area contributed by atoms with Crippen LogP contribution in [0.4, 0.5) is 0 Å². The highest BCUT2D eigenvalue weighted by Gasteiger charge is 2.32. The maximum Gasteiger partial charge on any atom is 0.0307 e. The van der Waals surface area contributed by atoms with Crippen LogP contribution in [0.15, 0.2) is 0 Å². The van der Waals surface area contributed by atoms with Gasteiger partial charge in [0, 0.05) is 25.2 Å². The molecule has 0 saturated heterocycles. The summed E-state index contributed by atoms with van der Waals surface area (Å²) in [5.41, 5.74) is 6.17. The fourth-order valence-corrected chi connectivity index (χ4v) is 2.62. The van der Waals surface area contributed by atoms with Crippen molar-refractivity contribution in [1.29, 1.82) is 0 Å². The Labute approximate surface area is 94.4 Å². The van der Waals surface area contributed by atoms with Crippen LogP contribution in [-0.2, 0) is 0 Å². The Balaban J connectivity index is 2.38. The van der Waals surface area contributed by atoms with E-state index in [-0.39, 0.29) is 5.54 Å². The molecule has 0 spiro atoms. The molecule has 0 aromatic carbocycles. The highest BCUT2D eigenvalue weighted by molar-refractivity contribution is 4.93. The summed E-state index contributed by atoms with van der Waals surface area (Å²) < 4.78 is 0. The monoisotopic (exact) mass is 213 g/mol. The van der Waals surface area contributed by atoms with Crippen molar-refractivity contribution in [3.63, 3.8) is 0 Å². The van der Waals surface area contributed by atoms with Crippen molar-refractivity contribution in [2.45, 2.75) is 38.1 Å². The van der Waals surface area contributed by atoms with Crippen molar-refractivity contribution in [3.8, 4) is 0 Å². The lowest BCUT2D eigenvalue weighted by Gasteiger charge is -2.40. The number of hydrogen-bond acceptors (Lipinski definition) is 3. The number of nitrogens with two attached hydrogens (primary N) is 1. The Morgan fingerprint density at radius 1 is 1.47 bits per heavy atom. The van der Waals surface area contributed by atoms with E-state index in [0.717, 1.165) is 25.6 Å². The van der Waals surface area contributed by atoms with Gasteiger partial charge < -0.3 is 16.0 Å². The molecule has 2 atom stereocenters. The van der Waals surface area contributed by atoms with Crippen molar-refractivity contribution in [3.05, 3.63) is 0 Å². The number of nitrogens with one attached hydrogen (secondary N) is 1. The van der Waals surface area contributed by atoms with Gasteiger partial charge in [0.2, 0.25) is 0 Å².